The zero-order chi connectivity index (χ0) is 14.7. The second kappa shape index (κ2) is 6.48. The van der Waals surface area contributed by atoms with Gasteiger partial charge in [-0.05, 0) is 49.1 Å². The van der Waals surface area contributed by atoms with Crippen LogP contribution in [0.2, 0.25) is 0 Å². The summed E-state index contributed by atoms with van der Waals surface area (Å²) in [6.45, 7) is 3.80. The number of benzene rings is 2. The number of halogens is 2. The Hall–Kier alpha value is -1.23. The van der Waals surface area contributed by atoms with Gasteiger partial charge < -0.3 is 0 Å². The molecule has 0 bridgehead atoms. The maximum Gasteiger partial charge on any atom is 0.128 e. The van der Waals surface area contributed by atoms with Crippen LogP contribution in [0.4, 0.5) is 4.39 Å². The summed E-state index contributed by atoms with van der Waals surface area (Å²) in [5.41, 5.74) is 6.29. The van der Waals surface area contributed by atoms with Crippen molar-refractivity contribution in [3.63, 3.8) is 0 Å². The fourth-order valence-corrected chi connectivity index (χ4v) is 2.94. The molecule has 0 fully saturated rings. The van der Waals surface area contributed by atoms with E-state index in [0.29, 0.717) is 12.0 Å². The molecule has 0 saturated carbocycles. The molecule has 106 valence electrons. The third-order valence-corrected chi connectivity index (χ3v) is 4.19. The molecule has 0 aliphatic heterocycles. The molecule has 2 aromatic carbocycles. The van der Waals surface area contributed by atoms with Gasteiger partial charge in [0.15, 0.2) is 0 Å². The Bertz CT molecular complexity index is 590. The summed E-state index contributed by atoms with van der Waals surface area (Å²) < 4.78 is 15.2. The molecule has 1 unspecified atom stereocenters. The molecule has 20 heavy (non-hydrogen) atoms. The fraction of sp³-hybridized carbons (Fsp3) is 0.250. The Balaban J connectivity index is 2.37. The van der Waals surface area contributed by atoms with E-state index in [9.17, 15) is 4.39 Å². The van der Waals surface area contributed by atoms with Crippen LogP contribution in [0, 0.1) is 19.7 Å². The third-order valence-electron chi connectivity index (χ3n) is 3.41. The molecule has 3 N–H and O–H groups in total. The van der Waals surface area contributed by atoms with Crippen molar-refractivity contribution < 1.29 is 4.39 Å². The van der Waals surface area contributed by atoms with Crippen LogP contribution in [0.15, 0.2) is 40.9 Å². The van der Waals surface area contributed by atoms with Crippen molar-refractivity contribution in [1.82, 2.24) is 5.43 Å². The monoisotopic (exact) mass is 336 g/mol. The van der Waals surface area contributed by atoms with Crippen molar-refractivity contribution in [2.24, 2.45) is 5.84 Å². The number of aryl methyl sites for hydroxylation is 2. The molecule has 0 saturated heterocycles. The largest absolute Gasteiger partial charge is 0.271 e. The number of rotatable bonds is 4. The maximum atomic E-state index is 14.2. The van der Waals surface area contributed by atoms with Gasteiger partial charge >= 0.3 is 0 Å². The van der Waals surface area contributed by atoms with E-state index >= 15 is 0 Å². The number of nitrogens with one attached hydrogen (secondary N) is 1. The summed E-state index contributed by atoms with van der Waals surface area (Å²) in [4.78, 5) is 0. The van der Waals surface area contributed by atoms with Crippen molar-refractivity contribution in [2.45, 2.75) is 26.3 Å². The van der Waals surface area contributed by atoms with E-state index in [1.807, 2.05) is 44.2 Å². The van der Waals surface area contributed by atoms with E-state index in [0.717, 1.165) is 21.2 Å². The van der Waals surface area contributed by atoms with Gasteiger partial charge in [0.05, 0.1) is 6.04 Å². The lowest BCUT2D eigenvalue weighted by atomic mass is 9.94. The van der Waals surface area contributed by atoms with Gasteiger partial charge in [-0.3, -0.25) is 11.3 Å². The number of nitrogens with two attached hydrogens (primary N) is 1. The zero-order valence-corrected chi connectivity index (χ0v) is 13.2. The normalized spacial score (nSPS) is 12.4. The first-order valence-electron chi connectivity index (χ1n) is 6.49. The Labute approximate surface area is 127 Å². The molecule has 0 heterocycles. The summed E-state index contributed by atoms with van der Waals surface area (Å²) in [6, 6.07) is 11.2. The standard InChI is InChI=1S/C16H18BrFN2/c1-10-7-11(2)16(14(18)8-10)15(20-19)9-12-5-3-4-6-13(12)17/h3-8,15,20H,9,19H2,1-2H3. The Morgan fingerprint density at radius 3 is 2.55 bits per heavy atom. The van der Waals surface area contributed by atoms with Crippen molar-refractivity contribution in [3.05, 3.63) is 68.9 Å². The minimum atomic E-state index is -0.255. The molecule has 0 amide bonds. The molecule has 0 spiro atoms. The molecule has 1 atom stereocenters. The fourth-order valence-electron chi connectivity index (χ4n) is 2.50. The lowest BCUT2D eigenvalue weighted by molar-refractivity contribution is 0.506. The average molecular weight is 337 g/mol. The molecule has 0 aliphatic carbocycles. The van der Waals surface area contributed by atoms with Gasteiger partial charge in [0.25, 0.3) is 0 Å². The first-order valence-corrected chi connectivity index (χ1v) is 7.28. The Kier molecular flexibility index (Phi) is 4.91. The molecule has 0 aromatic heterocycles. The van der Waals surface area contributed by atoms with Crippen molar-refractivity contribution in [2.75, 3.05) is 0 Å². The molecule has 2 rings (SSSR count). The average Bonchev–Trinajstić information content (AvgIpc) is 2.38. The van der Waals surface area contributed by atoms with Crippen molar-refractivity contribution >= 4 is 15.9 Å². The van der Waals surface area contributed by atoms with Crippen LogP contribution in [0.25, 0.3) is 0 Å². The highest BCUT2D eigenvalue weighted by Gasteiger charge is 2.18. The zero-order valence-electron chi connectivity index (χ0n) is 11.6. The molecular formula is C16H18BrFN2. The van der Waals surface area contributed by atoms with E-state index in [4.69, 9.17) is 5.84 Å². The van der Waals surface area contributed by atoms with Gasteiger partial charge in [-0.25, -0.2) is 4.39 Å². The molecular weight excluding hydrogens is 319 g/mol. The minimum Gasteiger partial charge on any atom is -0.271 e. The third kappa shape index (κ3) is 3.26. The van der Waals surface area contributed by atoms with Crippen LogP contribution in [0.5, 0.6) is 0 Å². The summed E-state index contributed by atoms with van der Waals surface area (Å²) in [5.74, 6) is 5.44. The molecule has 4 heteroatoms. The number of hydrogen-bond donors (Lipinski definition) is 2. The maximum absolute atomic E-state index is 14.2. The Morgan fingerprint density at radius 2 is 1.95 bits per heavy atom. The minimum absolute atomic E-state index is 0.211. The highest BCUT2D eigenvalue weighted by molar-refractivity contribution is 9.10. The van der Waals surface area contributed by atoms with Crippen LogP contribution in [-0.4, -0.2) is 0 Å². The van der Waals surface area contributed by atoms with E-state index in [2.05, 4.69) is 21.4 Å². The van der Waals surface area contributed by atoms with Gasteiger partial charge in [-0.2, -0.15) is 0 Å². The molecule has 2 aromatic rings. The van der Waals surface area contributed by atoms with Gasteiger partial charge in [0.1, 0.15) is 5.82 Å². The summed E-state index contributed by atoms with van der Waals surface area (Å²) in [7, 11) is 0. The highest BCUT2D eigenvalue weighted by Crippen LogP contribution is 2.27. The predicted octanol–water partition coefficient (Wildman–Crippen LogP) is 3.95. The smallest absolute Gasteiger partial charge is 0.128 e. The van der Waals surface area contributed by atoms with E-state index in [1.54, 1.807) is 6.07 Å². The highest BCUT2D eigenvalue weighted by atomic mass is 79.9. The second-order valence-electron chi connectivity index (χ2n) is 4.99. The van der Waals surface area contributed by atoms with Crippen LogP contribution >= 0.6 is 15.9 Å². The first-order chi connectivity index (χ1) is 9.52. The van der Waals surface area contributed by atoms with Crippen LogP contribution in [0.1, 0.15) is 28.3 Å². The first kappa shape index (κ1) is 15.2. The second-order valence-corrected chi connectivity index (χ2v) is 5.85. The van der Waals surface area contributed by atoms with Crippen molar-refractivity contribution in [3.8, 4) is 0 Å². The number of hydrazine groups is 1. The van der Waals surface area contributed by atoms with Gasteiger partial charge in [-0.1, -0.05) is 40.2 Å². The van der Waals surface area contributed by atoms with Crippen LogP contribution in [-0.2, 0) is 6.42 Å². The summed E-state index contributed by atoms with van der Waals surface area (Å²) >= 11 is 3.51. The SMILES string of the molecule is Cc1cc(C)c(C(Cc2ccccc2Br)NN)c(F)c1. The molecule has 2 nitrogen and oxygen atoms in total. The van der Waals surface area contributed by atoms with Gasteiger partial charge in [0, 0.05) is 10.0 Å². The molecule has 0 radical (unpaired) electrons. The quantitative estimate of drug-likeness (QED) is 0.655. The predicted molar refractivity (Wildman–Crippen MR) is 83.8 cm³/mol. The topological polar surface area (TPSA) is 38.0 Å². The van der Waals surface area contributed by atoms with Gasteiger partial charge in [-0.15, -0.1) is 0 Å². The number of hydrogen-bond acceptors (Lipinski definition) is 2. The summed E-state index contributed by atoms with van der Waals surface area (Å²) in [6.07, 6.45) is 0.624. The van der Waals surface area contributed by atoms with E-state index < -0.39 is 0 Å². The van der Waals surface area contributed by atoms with Crippen LogP contribution in [0.3, 0.4) is 0 Å². The van der Waals surface area contributed by atoms with Gasteiger partial charge in [0.2, 0.25) is 0 Å². The van der Waals surface area contributed by atoms with Crippen LogP contribution < -0.4 is 11.3 Å². The van der Waals surface area contributed by atoms with E-state index in [1.165, 1.54) is 0 Å². The molecule has 0 aliphatic rings. The van der Waals surface area contributed by atoms with E-state index in [-0.39, 0.29) is 11.9 Å². The lowest BCUT2D eigenvalue weighted by Gasteiger charge is -2.20. The Morgan fingerprint density at radius 1 is 1.25 bits per heavy atom. The lowest BCUT2D eigenvalue weighted by Crippen LogP contribution is -2.31. The summed E-state index contributed by atoms with van der Waals surface area (Å²) in [5, 5.41) is 0. The van der Waals surface area contributed by atoms with Crippen molar-refractivity contribution in [1.29, 1.82) is 0 Å².